The topological polar surface area (TPSA) is 74.0 Å². The second kappa shape index (κ2) is 8.46. The molecule has 0 fully saturated rings. The van der Waals surface area contributed by atoms with Gasteiger partial charge in [-0.1, -0.05) is 23.7 Å². The first-order valence-electron chi connectivity index (χ1n) is 8.78. The number of aliphatic hydroxyl groups is 1. The smallest absolute Gasteiger partial charge is 0.290 e. The summed E-state index contributed by atoms with van der Waals surface area (Å²) < 4.78 is 5.19. The summed E-state index contributed by atoms with van der Waals surface area (Å²) >= 11 is 5.98. The molecule has 0 spiro atoms. The number of ketones is 1. The van der Waals surface area contributed by atoms with E-state index in [1.54, 1.807) is 36.4 Å². The quantitative estimate of drug-likeness (QED) is 0.720. The molecule has 0 bridgehead atoms. The summed E-state index contributed by atoms with van der Waals surface area (Å²) in [7, 11) is 3.78. The molecule has 1 aliphatic rings. The Kier molecular flexibility index (Phi) is 6.02. The number of amides is 1. The van der Waals surface area contributed by atoms with Gasteiger partial charge in [0, 0.05) is 18.1 Å². The van der Waals surface area contributed by atoms with Crippen LogP contribution < -0.4 is 0 Å². The van der Waals surface area contributed by atoms with Crippen LogP contribution in [0.15, 0.2) is 64.5 Å². The van der Waals surface area contributed by atoms with Crippen molar-refractivity contribution in [1.82, 2.24) is 9.80 Å². The van der Waals surface area contributed by atoms with Gasteiger partial charge in [-0.3, -0.25) is 9.59 Å². The Balaban J connectivity index is 1.97. The number of allylic oxidation sites excluding steroid dienone is 1. The molecule has 146 valence electrons. The van der Waals surface area contributed by atoms with Crippen LogP contribution in [0.25, 0.3) is 6.08 Å². The number of carbonyl (C=O) groups excluding carboxylic acids is 2. The van der Waals surface area contributed by atoms with Crippen LogP contribution in [0.4, 0.5) is 0 Å². The van der Waals surface area contributed by atoms with Crippen molar-refractivity contribution >= 4 is 29.4 Å². The normalized spacial score (nSPS) is 17.4. The molecule has 2 aromatic rings. The van der Waals surface area contributed by atoms with Crippen molar-refractivity contribution in [2.24, 2.45) is 0 Å². The van der Waals surface area contributed by atoms with Crippen LogP contribution in [0.3, 0.4) is 0 Å². The molecule has 1 unspecified atom stereocenters. The van der Waals surface area contributed by atoms with E-state index in [1.807, 2.05) is 19.0 Å². The number of rotatable bonds is 7. The lowest BCUT2D eigenvalue weighted by Crippen LogP contribution is -2.36. The number of carbonyl (C=O) groups is 2. The summed E-state index contributed by atoms with van der Waals surface area (Å²) in [4.78, 5) is 29.0. The largest absolute Gasteiger partial charge is 0.503 e. The van der Waals surface area contributed by atoms with Crippen LogP contribution in [0.1, 0.15) is 17.4 Å². The first kappa shape index (κ1) is 19.9. The van der Waals surface area contributed by atoms with Crippen molar-refractivity contribution in [1.29, 1.82) is 0 Å². The molecule has 1 atom stereocenters. The van der Waals surface area contributed by atoms with Crippen molar-refractivity contribution in [2.45, 2.75) is 6.04 Å². The van der Waals surface area contributed by atoms with Crippen molar-refractivity contribution in [2.75, 3.05) is 27.2 Å². The van der Waals surface area contributed by atoms with Gasteiger partial charge in [0.1, 0.15) is 5.76 Å². The van der Waals surface area contributed by atoms with E-state index in [1.165, 1.54) is 23.3 Å². The van der Waals surface area contributed by atoms with E-state index in [2.05, 4.69) is 0 Å². The van der Waals surface area contributed by atoms with Crippen molar-refractivity contribution < 1.29 is 19.1 Å². The molecule has 0 saturated carbocycles. The SMILES string of the molecule is CN(C)CCN1C(=O)C(O)=C(C(=O)/C=C/c2ccco2)C1c1ccc(Cl)cc1. The highest BCUT2D eigenvalue weighted by molar-refractivity contribution is 6.30. The molecule has 0 saturated heterocycles. The fourth-order valence-corrected chi connectivity index (χ4v) is 3.20. The van der Waals surface area contributed by atoms with Crippen LogP contribution in [-0.2, 0) is 9.59 Å². The predicted octanol–water partition coefficient (Wildman–Crippen LogP) is 3.47. The first-order chi connectivity index (χ1) is 13.4. The van der Waals surface area contributed by atoms with Gasteiger partial charge in [0.15, 0.2) is 11.5 Å². The molecule has 1 N–H and O–H groups in total. The average molecular weight is 401 g/mol. The zero-order valence-corrected chi connectivity index (χ0v) is 16.4. The summed E-state index contributed by atoms with van der Waals surface area (Å²) in [6.45, 7) is 0.953. The van der Waals surface area contributed by atoms with Gasteiger partial charge in [-0.25, -0.2) is 0 Å². The Hall–Kier alpha value is -2.83. The average Bonchev–Trinajstić information content (AvgIpc) is 3.26. The number of nitrogens with zero attached hydrogens (tertiary/aromatic N) is 2. The molecule has 28 heavy (non-hydrogen) atoms. The summed E-state index contributed by atoms with van der Waals surface area (Å²) in [5, 5.41) is 11.0. The summed E-state index contributed by atoms with van der Waals surface area (Å²) in [6, 6.07) is 9.63. The number of likely N-dealkylation sites (N-methyl/N-ethyl adjacent to an activating group) is 1. The minimum atomic E-state index is -0.682. The van der Waals surface area contributed by atoms with E-state index in [0.717, 1.165) is 0 Å². The third kappa shape index (κ3) is 4.18. The van der Waals surface area contributed by atoms with Crippen molar-refractivity contribution in [3.8, 4) is 0 Å². The molecule has 1 aromatic heterocycles. The lowest BCUT2D eigenvalue weighted by atomic mass is 9.96. The maximum atomic E-state index is 12.9. The van der Waals surface area contributed by atoms with Crippen LogP contribution >= 0.6 is 11.6 Å². The third-order valence-corrected chi connectivity index (χ3v) is 4.74. The van der Waals surface area contributed by atoms with Crippen LogP contribution in [0, 0.1) is 0 Å². The molecule has 3 rings (SSSR count). The summed E-state index contributed by atoms with van der Waals surface area (Å²) in [5.41, 5.74) is 0.754. The van der Waals surface area contributed by atoms with E-state index < -0.39 is 23.5 Å². The third-order valence-electron chi connectivity index (χ3n) is 4.49. The lowest BCUT2D eigenvalue weighted by Gasteiger charge is -2.27. The standard InChI is InChI=1S/C21H21ClN2O4/c1-23(2)11-12-24-19(14-5-7-15(22)8-6-14)18(20(26)21(24)27)17(25)10-9-16-4-3-13-28-16/h3-10,13,19,26H,11-12H2,1-2H3/b10-9+. The molecule has 2 heterocycles. The molecule has 6 nitrogen and oxygen atoms in total. The minimum Gasteiger partial charge on any atom is -0.503 e. The molecule has 0 aliphatic carbocycles. The number of furan rings is 1. The predicted molar refractivity (Wildman–Crippen MR) is 107 cm³/mol. The second-order valence-electron chi connectivity index (χ2n) is 6.73. The van der Waals surface area contributed by atoms with Gasteiger partial charge in [-0.2, -0.15) is 0 Å². The number of aliphatic hydroxyl groups excluding tert-OH is 1. The molecule has 1 aromatic carbocycles. The van der Waals surface area contributed by atoms with E-state index in [4.69, 9.17) is 16.0 Å². The van der Waals surface area contributed by atoms with Crippen LogP contribution in [0.5, 0.6) is 0 Å². The summed E-state index contributed by atoms with van der Waals surface area (Å²) in [5.74, 6) is -1.02. The van der Waals surface area contributed by atoms with E-state index in [9.17, 15) is 14.7 Å². The highest BCUT2D eigenvalue weighted by atomic mass is 35.5. The van der Waals surface area contributed by atoms with Gasteiger partial charge in [-0.05, 0) is 56.1 Å². The Labute approximate surface area is 168 Å². The van der Waals surface area contributed by atoms with E-state index in [0.29, 0.717) is 29.4 Å². The molecule has 0 radical (unpaired) electrons. The van der Waals surface area contributed by atoms with Gasteiger partial charge < -0.3 is 19.3 Å². The highest BCUT2D eigenvalue weighted by Gasteiger charge is 2.42. The van der Waals surface area contributed by atoms with Gasteiger partial charge >= 0.3 is 0 Å². The molecule has 7 heteroatoms. The zero-order valence-electron chi connectivity index (χ0n) is 15.6. The second-order valence-corrected chi connectivity index (χ2v) is 7.17. The Morgan fingerprint density at radius 1 is 1.29 bits per heavy atom. The zero-order chi connectivity index (χ0) is 20.3. The Morgan fingerprint density at radius 3 is 2.61 bits per heavy atom. The van der Waals surface area contributed by atoms with Gasteiger partial charge in [-0.15, -0.1) is 0 Å². The van der Waals surface area contributed by atoms with Crippen LogP contribution in [-0.4, -0.2) is 53.8 Å². The fraction of sp³-hybridized carbons (Fsp3) is 0.238. The van der Waals surface area contributed by atoms with E-state index >= 15 is 0 Å². The fourth-order valence-electron chi connectivity index (χ4n) is 3.07. The maximum Gasteiger partial charge on any atom is 0.290 e. The number of halogens is 1. The van der Waals surface area contributed by atoms with Crippen LogP contribution in [0.2, 0.25) is 5.02 Å². The van der Waals surface area contributed by atoms with Gasteiger partial charge in [0.2, 0.25) is 0 Å². The molecule has 1 amide bonds. The minimum absolute atomic E-state index is 0.0499. The number of hydrogen-bond acceptors (Lipinski definition) is 5. The van der Waals surface area contributed by atoms with Gasteiger partial charge in [0.05, 0.1) is 17.9 Å². The number of benzene rings is 1. The van der Waals surface area contributed by atoms with Crippen molar-refractivity contribution in [3.05, 3.63) is 76.4 Å². The van der Waals surface area contributed by atoms with E-state index in [-0.39, 0.29) is 5.57 Å². The molecular formula is C21H21ClN2O4. The van der Waals surface area contributed by atoms with Crippen molar-refractivity contribution in [3.63, 3.8) is 0 Å². The summed E-state index contributed by atoms with van der Waals surface area (Å²) in [6.07, 6.45) is 4.31. The Bertz CT molecular complexity index is 914. The Morgan fingerprint density at radius 2 is 2.00 bits per heavy atom. The maximum absolute atomic E-state index is 12.9. The lowest BCUT2D eigenvalue weighted by molar-refractivity contribution is -0.129. The molecular weight excluding hydrogens is 380 g/mol. The monoisotopic (exact) mass is 400 g/mol. The van der Waals surface area contributed by atoms with Gasteiger partial charge in [0.25, 0.3) is 5.91 Å². The molecule has 1 aliphatic heterocycles. The highest BCUT2D eigenvalue weighted by Crippen LogP contribution is 2.38. The first-order valence-corrected chi connectivity index (χ1v) is 9.16. The number of hydrogen-bond donors (Lipinski definition) is 1.